The molecular formula is C38H50N6O8S. The lowest BCUT2D eigenvalue weighted by Gasteiger charge is -2.33. The molecule has 1 saturated heterocycles. The molecule has 6 aliphatic rings. The van der Waals surface area contributed by atoms with Gasteiger partial charge < -0.3 is 25.6 Å². The summed E-state index contributed by atoms with van der Waals surface area (Å²) in [7, 11) is -3.90. The third-order valence-corrected chi connectivity index (χ3v) is 13.6. The van der Waals surface area contributed by atoms with Gasteiger partial charge in [-0.05, 0) is 81.4 Å². The number of hydrogen-bond acceptors (Lipinski definition) is 8. The van der Waals surface area contributed by atoms with Crippen molar-refractivity contribution in [2.75, 3.05) is 6.54 Å². The van der Waals surface area contributed by atoms with E-state index in [0.717, 1.165) is 29.5 Å². The summed E-state index contributed by atoms with van der Waals surface area (Å²) in [6.45, 7) is 8.22. The van der Waals surface area contributed by atoms with Crippen molar-refractivity contribution in [2.24, 2.45) is 11.8 Å². The zero-order chi connectivity index (χ0) is 37.7. The Morgan fingerprint density at radius 2 is 1.83 bits per heavy atom. The van der Waals surface area contributed by atoms with Gasteiger partial charge in [0.15, 0.2) is 0 Å². The van der Waals surface area contributed by atoms with Crippen LogP contribution in [0.15, 0.2) is 36.9 Å². The Bertz CT molecular complexity index is 1840. The predicted molar refractivity (Wildman–Crippen MR) is 195 cm³/mol. The zero-order valence-corrected chi connectivity index (χ0v) is 31.2. The molecule has 4 N–H and O–H groups in total. The lowest BCUT2D eigenvalue weighted by atomic mass is 9.95. The molecule has 53 heavy (non-hydrogen) atoms. The van der Waals surface area contributed by atoms with E-state index in [1.807, 2.05) is 38.1 Å². The van der Waals surface area contributed by atoms with Crippen LogP contribution in [0.25, 0.3) is 6.08 Å². The van der Waals surface area contributed by atoms with Crippen molar-refractivity contribution in [3.63, 3.8) is 0 Å². The molecule has 286 valence electrons. The van der Waals surface area contributed by atoms with E-state index >= 15 is 0 Å². The molecular weight excluding hydrogens is 701 g/mol. The second kappa shape index (κ2) is 14.1. The first kappa shape index (κ1) is 36.9. The molecule has 6 amide bonds. The van der Waals surface area contributed by atoms with Crippen molar-refractivity contribution in [3.05, 3.63) is 53.6 Å². The molecule has 1 aromatic rings. The van der Waals surface area contributed by atoms with Gasteiger partial charge in [-0.2, -0.15) is 0 Å². The van der Waals surface area contributed by atoms with Crippen LogP contribution in [-0.2, 0) is 42.2 Å². The van der Waals surface area contributed by atoms with Gasteiger partial charge in [-0.1, -0.05) is 49.3 Å². The van der Waals surface area contributed by atoms with E-state index in [9.17, 15) is 32.4 Å². The molecule has 0 unspecified atom stereocenters. The molecule has 14 nitrogen and oxygen atoms in total. The summed E-state index contributed by atoms with van der Waals surface area (Å²) in [5.41, 5.74) is 0.853. The molecule has 5 atom stereocenters. The number of nitrogens with zero attached hydrogens (tertiary/aromatic N) is 2. The third-order valence-electron chi connectivity index (χ3n) is 11.8. The van der Waals surface area contributed by atoms with E-state index in [0.29, 0.717) is 51.6 Å². The minimum Gasteiger partial charge on any atom is -0.444 e. The number of carbonyl (C=O) groups excluding carboxylic acids is 5. The van der Waals surface area contributed by atoms with Gasteiger partial charge in [0.1, 0.15) is 23.7 Å². The van der Waals surface area contributed by atoms with Crippen LogP contribution in [-0.4, -0.2) is 89.1 Å². The lowest BCUT2D eigenvalue weighted by molar-refractivity contribution is -0.142. The highest BCUT2D eigenvalue weighted by molar-refractivity contribution is 7.91. The average molecular weight is 751 g/mol. The van der Waals surface area contributed by atoms with E-state index in [1.165, 1.54) is 11.0 Å². The van der Waals surface area contributed by atoms with Gasteiger partial charge in [0.05, 0.1) is 18.3 Å². The number of fused-ring (bicyclic) bond motifs is 3. The number of nitrogens with one attached hydrogen (secondary N) is 4. The van der Waals surface area contributed by atoms with Crippen LogP contribution in [0.1, 0.15) is 94.7 Å². The minimum atomic E-state index is -3.90. The first-order valence-corrected chi connectivity index (χ1v) is 20.4. The van der Waals surface area contributed by atoms with Gasteiger partial charge in [-0.15, -0.1) is 6.58 Å². The summed E-state index contributed by atoms with van der Waals surface area (Å²) in [5.74, 6) is -2.70. The maximum Gasteiger partial charge on any atom is 0.410 e. The Morgan fingerprint density at radius 3 is 2.53 bits per heavy atom. The van der Waals surface area contributed by atoms with Crippen LogP contribution in [0, 0.1) is 11.8 Å². The van der Waals surface area contributed by atoms with E-state index in [-0.39, 0.29) is 25.3 Å². The molecule has 4 bridgehead atoms. The highest BCUT2D eigenvalue weighted by Crippen LogP contribution is 2.45. The van der Waals surface area contributed by atoms with Crippen molar-refractivity contribution in [3.8, 4) is 0 Å². The Labute approximate surface area is 310 Å². The SMILES string of the molecule is C=C[C@@H]1C[C@]1(NC(=O)[C@@H]1C[C@@H]2CN1C(=O)[C@H](C1CCCC1)NC(=O)NC(C)(C)CCC=Cc1cccc3c1CN(C3)C(=O)O2)C(=O)NS(=O)(=O)C1CC1. The molecule has 3 saturated carbocycles. The highest BCUT2D eigenvalue weighted by atomic mass is 32.2. The fraction of sp³-hybridized carbons (Fsp3) is 0.605. The smallest absolute Gasteiger partial charge is 0.410 e. The van der Waals surface area contributed by atoms with E-state index in [1.54, 1.807) is 4.90 Å². The van der Waals surface area contributed by atoms with Crippen molar-refractivity contribution in [1.82, 2.24) is 30.5 Å². The van der Waals surface area contributed by atoms with Crippen LogP contribution in [0.2, 0.25) is 0 Å². The fourth-order valence-corrected chi connectivity index (χ4v) is 9.76. The summed E-state index contributed by atoms with van der Waals surface area (Å²) >= 11 is 0. The Hall–Kier alpha value is -4.40. The number of hydrogen-bond donors (Lipinski definition) is 4. The number of sulfonamides is 1. The maximum absolute atomic E-state index is 14.6. The minimum absolute atomic E-state index is 0.0501. The van der Waals surface area contributed by atoms with Crippen molar-refractivity contribution in [1.29, 1.82) is 0 Å². The van der Waals surface area contributed by atoms with Crippen molar-refractivity contribution >= 4 is 45.9 Å². The molecule has 3 aliphatic carbocycles. The average Bonchev–Trinajstić information content (AvgIpc) is 3.88. The fourth-order valence-electron chi connectivity index (χ4n) is 8.40. The zero-order valence-electron chi connectivity index (χ0n) is 30.4. The van der Waals surface area contributed by atoms with Crippen LogP contribution >= 0.6 is 0 Å². The molecule has 0 aromatic heterocycles. The topological polar surface area (TPSA) is 183 Å². The van der Waals surface area contributed by atoms with Gasteiger partial charge in [-0.25, -0.2) is 18.0 Å². The third kappa shape index (κ3) is 7.67. The first-order valence-electron chi connectivity index (χ1n) is 18.8. The van der Waals surface area contributed by atoms with E-state index < -0.39 is 80.3 Å². The summed E-state index contributed by atoms with van der Waals surface area (Å²) in [6.07, 6.45) is 9.69. The van der Waals surface area contributed by atoms with Crippen LogP contribution < -0.4 is 20.7 Å². The molecule has 0 radical (unpaired) electrons. The van der Waals surface area contributed by atoms with E-state index in [4.69, 9.17) is 4.74 Å². The number of carbonyl (C=O) groups is 5. The molecule has 15 heteroatoms. The number of ether oxygens (including phenoxy) is 1. The van der Waals surface area contributed by atoms with Gasteiger partial charge in [0, 0.05) is 24.4 Å². The predicted octanol–water partition coefficient (Wildman–Crippen LogP) is 3.22. The number of urea groups is 1. The lowest BCUT2D eigenvalue weighted by Crippen LogP contribution is -2.60. The van der Waals surface area contributed by atoms with Crippen LogP contribution in [0.5, 0.6) is 0 Å². The summed E-state index contributed by atoms with van der Waals surface area (Å²) in [5, 5.41) is 8.13. The number of allylic oxidation sites excluding steroid dienone is 1. The summed E-state index contributed by atoms with van der Waals surface area (Å²) in [6, 6.07) is 3.32. The van der Waals surface area contributed by atoms with E-state index in [2.05, 4.69) is 33.3 Å². The number of amides is 6. The summed E-state index contributed by atoms with van der Waals surface area (Å²) in [4.78, 5) is 72.6. The van der Waals surface area contributed by atoms with Crippen LogP contribution in [0.4, 0.5) is 9.59 Å². The van der Waals surface area contributed by atoms with Gasteiger partial charge in [0.2, 0.25) is 21.8 Å². The molecule has 1 aromatic carbocycles. The quantitative estimate of drug-likeness (QED) is 0.307. The number of benzene rings is 1. The van der Waals surface area contributed by atoms with Gasteiger partial charge in [0.25, 0.3) is 5.91 Å². The molecule has 0 spiro atoms. The second-order valence-corrected chi connectivity index (χ2v) is 18.2. The Morgan fingerprint density at radius 1 is 1.08 bits per heavy atom. The molecule has 4 fully saturated rings. The Kier molecular flexibility index (Phi) is 9.83. The Balaban J connectivity index is 1.18. The first-order chi connectivity index (χ1) is 25.2. The molecule has 3 aliphatic heterocycles. The highest BCUT2D eigenvalue weighted by Gasteiger charge is 2.62. The number of rotatable bonds is 7. The van der Waals surface area contributed by atoms with Gasteiger partial charge in [-0.3, -0.25) is 24.0 Å². The van der Waals surface area contributed by atoms with Crippen molar-refractivity contribution in [2.45, 2.75) is 126 Å². The molecule has 3 heterocycles. The summed E-state index contributed by atoms with van der Waals surface area (Å²) < 4.78 is 33.6. The van der Waals surface area contributed by atoms with Gasteiger partial charge >= 0.3 is 12.1 Å². The second-order valence-electron chi connectivity index (χ2n) is 16.2. The monoisotopic (exact) mass is 750 g/mol. The largest absolute Gasteiger partial charge is 0.444 e. The molecule has 7 rings (SSSR count). The van der Waals surface area contributed by atoms with Crippen LogP contribution in [0.3, 0.4) is 0 Å². The maximum atomic E-state index is 14.6. The van der Waals surface area contributed by atoms with Crippen molar-refractivity contribution < 1.29 is 37.1 Å². The standard InChI is InChI=1S/C38H50N6O8S/c1-4-26-19-38(26,34(47)42-53(50,51)28-15-16-28)40-32(45)30-18-27-21-44(30)33(46)31(24-11-5-6-12-24)39-35(48)41-37(2,3)17-8-7-10-23-13-9-14-25-20-43(22-29(23)25)36(49)52-27/h4,7,9-10,13-14,24,26-28,30-31H,1,5-6,8,11-12,15-22H2,2-3H3,(H,40,45)(H,42,47)(H2,39,41,48)/t26-,27-,30+,31+,38-/m1/s1. The normalized spacial score (nSPS) is 30.3.